The molecule has 1 atom stereocenters. The Balaban J connectivity index is 1.29. The highest BCUT2D eigenvalue weighted by Gasteiger charge is 2.56. The molecular weight excluding hydrogens is 504 g/mol. The Labute approximate surface area is 234 Å². The van der Waals surface area contributed by atoms with Gasteiger partial charge in [0.2, 0.25) is 0 Å². The van der Waals surface area contributed by atoms with Gasteiger partial charge in [0.05, 0.1) is 18.9 Å². The van der Waals surface area contributed by atoms with Crippen LogP contribution in [0, 0.1) is 5.92 Å². The maximum Gasteiger partial charge on any atom is 0.359 e. The summed E-state index contributed by atoms with van der Waals surface area (Å²) in [4.78, 5) is 31.6. The van der Waals surface area contributed by atoms with E-state index in [-0.39, 0.29) is 23.6 Å². The predicted molar refractivity (Wildman–Crippen MR) is 152 cm³/mol. The lowest BCUT2D eigenvalue weighted by molar-refractivity contribution is 0.0516. The highest BCUT2D eigenvalue weighted by Crippen LogP contribution is 2.54. The summed E-state index contributed by atoms with van der Waals surface area (Å²) in [5.74, 6) is 1.52. The first-order valence-corrected chi connectivity index (χ1v) is 14.5. The minimum absolute atomic E-state index is 0.132. The summed E-state index contributed by atoms with van der Waals surface area (Å²) in [6.45, 7) is 4.26. The predicted octanol–water partition coefficient (Wildman–Crippen LogP) is 4.73. The van der Waals surface area contributed by atoms with Crippen LogP contribution < -0.4 is 9.64 Å². The number of nitrogens with zero attached hydrogens (tertiary/aromatic N) is 4. The summed E-state index contributed by atoms with van der Waals surface area (Å²) >= 11 is 0. The highest BCUT2D eigenvalue weighted by atomic mass is 16.5. The Bertz CT molecular complexity index is 1480. The molecule has 2 aromatic carbocycles. The first-order chi connectivity index (χ1) is 19.4. The van der Waals surface area contributed by atoms with Crippen LogP contribution in [-0.2, 0) is 16.6 Å². The maximum atomic E-state index is 14.3. The fourth-order valence-electron chi connectivity index (χ4n) is 6.62. The molecule has 1 aromatic heterocycles. The van der Waals surface area contributed by atoms with Gasteiger partial charge in [0, 0.05) is 36.2 Å². The van der Waals surface area contributed by atoms with Gasteiger partial charge < -0.3 is 19.3 Å². The molecule has 4 aliphatic rings. The van der Waals surface area contributed by atoms with Crippen LogP contribution in [0.4, 0.5) is 5.69 Å². The van der Waals surface area contributed by atoms with Crippen LogP contribution in [0.1, 0.15) is 76.2 Å². The molecule has 40 heavy (non-hydrogen) atoms. The van der Waals surface area contributed by atoms with Crippen molar-refractivity contribution in [2.75, 3.05) is 45.3 Å². The normalized spacial score (nSPS) is 19.4. The van der Waals surface area contributed by atoms with Crippen molar-refractivity contribution in [2.24, 2.45) is 5.92 Å². The number of rotatable bonds is 8. The Kier molecular flexibility index (Phi) is 6.00. The molecule has 0 bridgehead atoms. The van der Waals surface area contributed by atoms with Crippen molar-refractivity contribution in [2.45, 2.75) is 50.4 Å². The molecule has 0 saturated heterocycles. The summed E-state index contributed by atoms with van der Waals surface area (Å²) in [5, 5.41) is 4.76. The van der Waals surface area contributed by atoms with Crippen molar-refractivity contribution in [1.29, 1.82) is 0 Å². The molecular formula is C32H36N4O4. The molecule has 8 nitrogen and oxygen atoms in total. The third kappa shape index (κ3) is 4.20. The third-order valence-electron chi connectivity index (χ3n) is 8.95. The number of hydrogen-bond donors (Lipinski definition) is 0. The SMILES string of the molecule is CCOC(=O)c1nn(-c2ccc3c(c2)CCO3)c2c1C1(CC1)CN(c1ccc(C(CN(C)C)C3CC3)cc1)C2=O. The number of anilines is 1. The summed E-state index contributed by atoms with van der Waals surface area (Å²) in [7, 11) is 4.26. The van der Waals surface area contributed by atoms with Gasteiger partial charge in [0.25, 0.3) is 5.91 Å². The van der Waals surface area contributed by atoms with Crippen LogP contribution in [0.2, 0.25) is 0 Å². The number of hydrogen-bond acceptors (Lipinski definition) is 6. The van der Waals surface area contributed by atoms with Crippen LogP contribution in [-0.4, -0.2) is 67.0 Å². The number of fused-ring (bicyclic) bond motifs is 3. The summed E-state index contributed by atoms with van der Waals surface area (Å²) in [5.41, 5.74) is 5.26. The first-order valence-electron chi connectivity index (χ1n) is 14.5. The molecule has 1 spiro atoms. The number of carbonyl (C=O) groups is 2. The van der Waals surface area contributed by atoms with E-state index in [4.69, 9.17) is 14.6 Å². The van der Waals surface area contributed by atoms with E-state index >= 15 is 0 Å². The zero-order chi connectivity index (χ0) is 27.6. The van der Waals surface area contributed by atoms with E-state index in [0.29, 0.717) is 24.8 Å². The van der Waals surface area contributed by atoms with Gasteiger partial charge >= 0.3 is 5.97 Å². The fourth-order valence-corrected chi connectivity index (χ4v) is 6.62. The third-order valence-corrected chi connectivity index (χ3v) is 8.95. The summed E-state index contributed by atoms with van der Waals surface area (Å²) in [6, 6.07) is 14.5. The van der Waals surface area contributed by atoms with Crippen LogP contribution in [0.15, 0.2) is 42.5 Å². The lowest BCUT2D eigenvalue weighted by Gasteiger charge is -2.34. The van der Waals surface area contributed by atoms with E-state index in [0.717, 1.165) is 60.0 Å². The van der Waals surface area contributed by atoms with Crippen LogP contribution in [0.5, 0.6) is 5.75 Å². The van der Waals surface area contributed by atoms with Gasteiger partial charge in [-0.3, -0.25) is 4.79 Å². The second kappa shape index (κ2) is 9.47. The molecule has 2 fully saturated rings. The second-order valence-corrected chi connectivity index (χ2v) is 12.1. The molecule has 3 heterocycles. The van der Waals surface area contributed by atoms with Crippen LogP contribution in [0.3, 0.4) is 0 Å². The van der Waals surface area contributed by atoms with Crippen LogP contribution in [0.25, 0.3) is 5.69 Å². The molecule has 2 aliphatic carbocycles. The van der Waals surface area contributed by atoms with Gasteiger partial charge in [-0.15, -0.1) is 0 Å². The number of amides is 1. The molecule has 1 amide bonds. The van der Waals surface area contributed by atoms with Crippen molar-refractivity contribution in [3.8, 4) is 11.4 Å². The molecule has 208 valence electrons. The van der Waals surface area contributed by atoms with E-state index in [1.54, 1.807) is 11.6 Å². The zero-order valence-electron chi connectivity index (χ0n) is 23.5. The first kappa shape index (κ1) is 25.3. The van der Waals surface area contributed by atoms with Crippen molar-refractivity contribution in [3.05, 3.63) is 70.5 Å². The van der Waals surface area contributed by atoms with Crippen molar-refractivity contribution < 1.29 is 19.1 Å². The number of esters is 1. The van der Waals surface area contributed by atoms with Crippen LogP contribution >= 0.6 is 0 Å². The molecule has 3 aromatic rings. The number of ether oxygens (including phenoxy) is 2. The Hall–Kier alpha value is -3.65. The maximum absolute atomic E-state index is 14.3. The monoisotopic (exact) mass is 540 g/mol. The van der Waals surface area contributed by atoms with Gasteiger partial charge in [0.1, 0.15) is 11.4 Å². The lowest BCUT2D eigenvalue weighted by atomic mass is 9.88. The smallest absolute Gasteiger partial charge is 0.359 e. The molecule has 1 unspecified atom stereocenters. The van der Waals surface area contributed by atoms with Crippen molar-refractivity contribution in [3.63, 3.8) is 0 Å². The number of benzene rings is 2. The van der Waals surface area contributed by atoms with Gasteiger partial charge in [-0.05, 0) is 100.0 Å². The topological polar surface area (TPSA) is 76.9 Å². The van der Waals surface area contributed by atoms with E-state index in [1.807, 2.05) is 23.1 Å². The fraction of sp³-hybridized carbons (Fsp3) is 0.469. The summed E-state index contributed by atoms with van der Waals surface area (Å²) in [6.07, 6.45) is 5.20. The Morgan fingerprint density at radius 1 is 1.15 bits per heavy atom. The number of carbonyl (C=O) groups excluding carboxylic acids is 2. The number of likely N-dealkylation sites (N-methyl/N-ethyl adjacent to an activating group) is 1. The molecule has 0 N–H and O–H groups in total. The Morgan fingerprint density at radius 2 is 1.90 bits per heavy atom. The molecule has 7 rings (SSSR count). The van der Waals surface area contributed by atoms with E-state index in [2.05, 4.69) is 43.3 Å². The van der Waals surface area contributed by atoms with E-state index in [9.17, 15) is 9.59 Å². The Morgan fingerprint density at radius 3 is 2.58 bits per heavy atom. The average molecular weight is 541 g/mol. The average Bonchev–Trinajstić information content (AvgIpc) is 3.85. The van der Waals surface area contributed by atoms with Crippen molar-refractivity contribution in [1.82, 2.24) is 14.7 Å². The quantitative estimate of drug-likeness (QED) is 0.385. The van der Waals surface area contributed by atoms with E-state index < -0.39 is 5.97 Å². The second-order valence-electron chi connectivity index (χ2n) is 12.1. The van der Waals surface area contributed by atoms with Gasteiger partial charge in [-0.1, -0.05) is 12.1 Å². The molecule has 2 saturated carbocycles. The minimum Gasteiger partial charge on any atom is -0.493 e. The van der Waals surface area contributed by atoms with E-state index in [1.165, 1.54) is 18.4 Å². The minimum atomic E-state index is -0.467. The van der Waals surface area contributed by atoms with Gasteiger partial charge in [-0.25, -0.2) is 9.48 Å². The zero-order valence-corrected chi connectivity index (χ0v) is 23.5. The van der Waals surface area contributed by atoms with Crippen molar-refractivity contribution >= 4 is 17.6 Å². The molecule has 0 radical (unpaired) electrons. The standard InChI is InChI=1S/C32H36N4O4/c1-4-39-31(38)28-27-29(36(33-28)24-11-12-26-22(17-24)13-16-40-26)30(37)35(19-32(27)14-15-32)23-9-7-21(8-10-23)25(18-34(2)3)20-5-6-20/h7-12,17,20,25H,4-6,13-16,18-19H2,1-3H3. The summed E-state index contributed by atoms with van der Waals surface area (Å²) < 4.78 is 12.8. The molecule has 8 heteroatoms. The molecule has 2 aliphatic heterocycles. The lowest BCUT2D eigenvalue weighted by Crippen LogP contribution is -2.44. The van der Waals surface area contributed by atoms with Gasteiger partial charge in [0.15, 0.2) is 5.69 Å². The number of aromatic nitrogens is 2. The van der Waals surface area contributed by atoms with Gasteiger partial charge in [-0.2, -0.15) is 5.10 Å². The largest absolute Gasteiger partial charge is 0.493 e. The highest BCUT2D eigenvalue weighted by molar-refractivity contribution is 6.10.